The zero-order valence-corrected chi connectivity index (χ0v) is 23.2. The highest BCUT2D eigenvalue weighted by Crippen LogP contribution is 2.26. The molecule has 1 fully saturated rings. The SMILES string of the molecule is CC(C)CN(CC(O)CCc1ccccc1)S(=O)(=O)c1ccc2nc(NC(=O)C3CCN(C)CC3)oc2c1. The van der Waals surface area contributed by atoms with Crippen molar-refractivity contribution in [3.05, 3.63) is 54.1 Å². The number of anilines is 1. The zero-order valence-electron chi connectivity index (χ0n) is 22.3. The van der Waals surface area contributed by atoms with Gasteiger partial charge >= 0.3 is 6.01 Å². The Hall–Kier alpha value is -2.79. The second-order valence-corrected chi connectivity index (χ2v) is 12.5. The highest BCUT2D eigenvalue weighted by atomic mass is 32.2. The number of likely N-dealkylation sites (tertiary alicyclic amines) is 1. The number of amides is 1. The zero-order chi connectivity index (χ0) is 27.3. The van der Waals surface area contributed by atoms with Crippen LogP contribution < -0.4 is 5.32 Å². The molecule has 1 amide bonds. The minimum absolute atomic E-state index is 0.000324. The maximum absolute atomic E-state index is 13.6. The molecule has 0 radical (unpaired) electrons. The molecule has 2 heterocycles. The summed E-state index contributed by atoms with van der Waals surface area (Å²) in [6, 6.07) is 14.4. The number of carbonyl (C=O) groups is 1. The molecule has 3 aromatic rings. The number of aryl methyl sites for hydroxylation is 1. The Kier molecular flexibility index (Phi) is 9.19. The fourth-order valence-corrected chi connectivity index (χ4v) is 6.39. The molecule has 1 aliphatic heterocycles. The average Bonchev–Trinajstić information content (AvgIpc) is 3.29. The third kappa shape index (κ3) is 7.19. The van der Waals surface area contributed by atoms with Gasteiger partial charge in [0.05, 0.1) is 11.0 Å². The molecule has 0 spiro atoms. The highest BCUT2D eigenvalue weighted by molar-refractivity contribution is 7.89. The van der Waals surface area contributed by atoms with Gasteiger partial charge in [0.1, 0.15) is 5.52 Å². The minimum atomic E-state index is -3.91. The molecule has 1 aromatic heterocycles. The fraction of sp³-hybridized carbons (Fsp3) is 0.500. The summed E-state index contributed by atoms with van der Waals surface area (Å²) in [4.78, 5) is 19.2. The monoisotopic (exact) mass is 542 g/mol. The molecule has 0 aliphatic carbocycles. The standard InChI is InChI=1S/C28H38N4O5S/c1-20(2)18-32(19-23(33)10-9-21-7-5-4-6-8-21)38(35,36)24-11-12-25-26(17-24)37-28(29-25)30-27(34)22-13-15-31(3)16-14-22/h4-8,11-12,17,20,22-23,33H,9-10,13-16,18-19H2,1-3H3,(H,29,30,34). The van der Waals surface area contributed by atoms with Gasteiger partial charge in [0.25, 0.3) is 0 Å². The van der Waals surface area contributed by atoms with Crippen LogP contribution in [0.4, 0.5) is 6.01 Å². The molecule has 2 N–H and O–H groups in total. The van der Waals surface area contributed by atoms with Gasteiger partial charge in [0.15, 0.2) is 5.58 Å². The normalized spacial score (nSPS) is 16.4. The van der Waals surface area contributed by atoms with Crippen LogP contribution >= 0.6 is 0 Å². The van der Waals surface area contributed by atoms with Crippen molar-refractivity contribution >= 4 is 33.0 Å². The molecule has 9 nitrogen and oxygen atoms in total. The van der Waals surface area contributed by atoms with Crippen molar-refractivity contribution in [2.24, 2.45) is 11.8 Å². The highest BCUT2D eigenvalue weighted by Gasteiger charge is 2.29. The Morgan fingerprint density at radius 1 is 1.16 bits per heavy atom. The van der Waals surface area contributed by atoms with E-state index < -0.39 is 16.1 Å². The summed E-state index contributed by atoms with van der Waals surface area (Å²) < 4.78 is 34.3. The molecule has 0 saturated carbocycles. The lowest BCUT2D eigenvalue weighted by molar-refractivity contribution is -0.121. The summed E-state index contributed by atoms with van der Waals surface area (Å²) in [5.41, 5.74) is 1.83. The van der Waals surface area contributed by atoms with E-state index in [-0.39, 0.29) is 47.3 Å². The summed E-state index contributed by atoms with van der Waals surface area (Å²) in [5.74, 6) is -0.165. The van der Waals surface area contributed by atoms with E-state index in [9.17, 15) is 18.3 Å². The van der Waals surface area contributed by atoms with Gasteiger partial charge in [-0.15, -0.1) is 0 Å². The third-order valence-corrected chi connectivity index (χ3v) is 8.74. The number of piperidine rings is 1. The van der Waals surface area contributed by atoms with E-state index in [1.807, 2.05) is 51.2 Å². The molecule has 206 valence electrons. The number of fused-ring (bicyclic) bond motifs is 1. The predicted octanol–water partition coefficient (Wildman–Crippen LogP) is 3.75. The Morgan fingerprint density at radius 3 is 2.55 bits per heavy atom. The lowest BCUT2D eigenvalue weighted by atomic mass is 9.96. The quantitative estimate of drug-likeness (QED) is 0.379. The van der Waals surface area contributed by atoms with Crippen LogP contribution in [0.15, 0.2) is 57.8 Å². The molecule has 1 unspecified atom stereocenters. The molecule has 38 heavy (non-hydrogen) atoms. The van der Waals surface area contributed by atoms with Gasteiger partial charge < -0.3 is 14.4 Å². The maximum Gasteiger partial charge on any atom is 0.302 e. The van der Waals surface area contributed by atoms with Crippen LogP contribution in [0.5, 0.6) is 0 Å². The van der Waals surface area contributed by atoms with E-state index in [4.69, 9.17) is 4.42 Å². The molecule has 1 aliphatic rings. The van der Waals surface area contributed by atoms with E-state index in [1.165, 1.54) is 16.4 Å². The van der Waals surface area contributed by atoms with Crippen LogP contribution in [0.1, 0.15) is 38.7 Å². The Balaban J connectivity index is 1.47. The third-order valence-electron chi connectivity index (χ3n) is 6.91. The number of aromatic nitrogens is 1. The van der Waals surface area contributed by atoms with Crippen molar-refractivity contribution in [3.8, 4) is 0 Å². The number of hydrogen-bond acceptors (Lipinski definition) is 7. The molecule has 0 bridgehead atoms. The van der Waals surface area contributed by atoms with Gasteiger partial charge in [0, 0.05) is 25.1 Å². The summed E-state index contributed by atoms with van der Waals surface area (Å²) in [6.45, 7) is 5.88. The van der Waals surface area contributed by atoms with E-state index in [1.54, 1.807) is 6.07 Å². The fourth-order valence-electron chi connectivity index (χ4n) is 4.73. The maximum atomic E-state index is 13.6. The van der Waals surface area contributed by atoms with Gasteiger partial charge in [-0.05, 0) is 69.4 Å². The van der Waals surface area contributed by atoms with Crippen molar-refractivity contribution in [3.63, 3.8) is 0 Å². The number of rotatable bonds is 11. The lowest BCUT2D eigenvalue weighted by Gasteiger charge is -2.27. The predicted molar refractivity (Wildman–Crippen MR) is 147 cm³/mol. The van der Waals surface area contributed by atoms with Crippen LogP contribution in [0, 0.1) is 11.8 Å². The molecule has 2 aromatic carbocycles. The smallest absolute Gasteiger partial charge is 0.302 e. The minimum Gasteiger partial charge on any atom is -0.423 e. The first kappa shape index (κ1) is 28.2. The first-order valence-corrected chi connectivity index (χ1v) is 14.7. The lowest BCUT2D eigenvalue weighted by Crippen LogP contribution is -2.40. The van der Waals surface area contributed by atoms with Crippen molar-refractivity contribution in [2.45, 2.75) is 50.5 Å². The molecular weight excluding hydrogens is 504 g/mol. The van der Waals surface area contributed by atoms with Gasteiger partial charge in [-0.3, -0.25) is 10.1 Å². The number of carbonyl (C=O) groups excluding carboxylic acids is 1. The van der Waals surface area contributed by atoms with E-state index in [0.29, 0.717) is 18.4 Å². The summed E-state index contributed by atoms with van der Waals surface area (Å²) >= 11 is 0. The Bertz CT molecular complexity index is 1320. The Labute approximate surface area is 224 Å². The average molecular weight is 543 g/mol. The van der Waals surface area contributed by atoms with Gasteiger partial charge in [-0.2, -0.15) is 9.29 Å². The van der Waals surface area contributed by atoms with Crippen molar-refractivity contribution < 1.29 is 22.7 Å². The summed E-state index contributed by atoms with van der Waals surface area (Å²) in [7, 11) is -1.87. The number of aliphatic hydroxyl groups is 1. The van der Waals surface area contributed by atoms with Crippen LogP contribution in [-0.4, -0.2) is 73.0 Å². The van der Waals surface area contributed by atoms with Crippen molar-refractivity contribution in [2.75, 3.05) is 38.5 Å². The first-order chi connectivity index (χ1) is 18.1. The summed E-state index contributed by atoms with van der Waals surface area (Å²) in [6.07, 6.45) is 1.85. The molecular formula is C28H38N4O5S. The van der Waals surface area contributed by atoms with E-state index in [0.717, 1.165) is 31.5 Å². The van der Waals surface area contributed by atoms with Crippen LogP contribution in [-0.2, 0) is 21.2 Å². The molecule has 10 heteroatoms. The largest absolute Gasteiger partial charge is 0.423 e. The van der Waals surface area contributed by atoms with E-state index in [2.05, 4.69) is 15.2 Å². The van der Waals surface area contributed by atoms with Crippen molar-refractivity contribution in [1.82, 2.24) is 14.2 Å². The number of oxazole rings is 1. The number of sulfonamides is 1. The van der Waals surface area contributed by atoms with Crippen LogP contribution in [0.25, 0.3) is 11.1 Å². The number of benzene rings is 2. The number of nitrogens with zero attached hydrogens (tertiary/aromatic N) is 3. The molecule has 4 rings (SSSR count). The number of hydrogen-bond donors (Lipinski definition) is 2. The summed E-state index contributed by atoms with van der Waals surface area (Å²) in [5, 5.41) is 13.5. The number of nitrogens with one attached hydrogen (secondary N) is 1. The number of aliphatic hydroxyl groups excluding tert-OH is 1. The van der Waals surface area contributed by atoms with Gasteiger partial charge in [-0.1, -0.05) is 44.2 Å². The second-order valence-electron chi connectivity index (χ2n) is 10.6. The first-order valence-electron chi connectivity index (χ1n) is 13.2. The molecule has 1 atom stereocenters. The second kappa shape index (κ2) is 12.4. The van der Waals surface area contributed by atoms with Crippen molar-refractivity contribution in [1.29, 1.82) is 0 Å². The van der Waals surface area contributed by atoms with E-state index >= 15 is 0 Å². The van der Waals surface area contributed by atoms with Crippen LogP contribution in [0.2, 0.25) is 0 Å². The molecule has 1 saturated heterocycles. The Morgan fingerprint density at radius 2 is 1.87 bits per heavy atom. The van der Waals surface area contributed by atoms with Gasteiger partial charge in [-0.25, -0.2) is 8.42 Å². The topological polar surface area (TPSA) is 116 Å². The van der Waals surface area contributed by atoms with Crippen LogP contribution in [0.3, 0.4) is 0 Å². The van der Waals surface area contributed by atoms with Gasteiger partial charge in [0.2, 0.25) is 15.9 Å².